The van der Waals surface area contributed by atoms with Gasteiger partial charge in [-0.25, -0.2) is 4.99 Å². The van der Waals surface area contributed by atoms with Gasteiger partial charge in [-0.05, 0) is 31.7 Å². The number of nitrogens with zero attached hydrogens (tertiary/aromatic N) is 2. The molecule has 0 unspecified atom stereocenters. The SMILES string of the molecule is CCOc1ccccc1CN=C(N)N1CCC(C)CC1. The number of hydrogen-bond donors (Lipinski definition) is 1. The molecular weight excluding hydrogens is 250 g/mol. The first-order chi connectivity index (χ1) is 9.70. The summed E-state index contributed by atoms with van der Waals surface area (Å²) in [6.45, 7) is 7.56. The Bertz CT molecular complexity index is 451. The van der Waals surface area contributed by atoms with E-state index in [-0.39, 0.29) is 0 Å². The van der Waals surface area contributed by atoms with Crippen molar-refractivity contribution in [3.63, 3.8) is 0 Å². The Labute approximate surface area is 121 Å². The van der Waals surface area contributed by atoms with Crippen LogP contribution in [0.2, 0.25) is 0 Å². The Morgan fingerprint density at radius 2 is 2.05 bits per heavy atom. The number of hydrogen-bond acceptors (Lipinski definition) is 2. The zero-order valence-electron chi connectivity index (χ0n) is 12.5. The number of piperidine rings is 1. The van der Waals surface area contributed by atoms with Crippen LogP contribution < -0.4 is 10.5 Å². The standard InChI is InChI=1S/C16H25N3O/c1-3-20-15-7-5-4-6-14(15)12-18-16(17)19-10-8-13(2)9-11-19/h4-7,13H,3,8-12H2,1-2H3,(H2,17,18). The topological polar surface area (TPSA) is 50.9 Å². The number of rotatable bonds is 4. The molecule has 4 heteroatoms. The predicted molar refractivity (Wildman–Crippen MR) is 82.9 cm³/mol. The highest BCUT2D eigenvalue weighted by Crippen LogP contribution is 2.19. The summed E-state index contributed by atoms with van der Waals surface area (Å²) in [4.78, 5) is 6.71. The summed E-state index contributed by atoms with van der Waals surface area (Å²) in [5.74, 6) is 2.36. The van der Waals surface area contributed by atoms with Gasteiger partial charge in [-0.1, -0.05) is 25.1 Å². The van der Waals surface area contributed by atoms with E-state index in [9.17, 15) is 0 Å². The maximum Gasteiger partial charge on any atom is 0.191 e. The van der Waals surface area contributed by atoms with E-state index in [0.717, 1.165) is 30.3 Å². The summed E-state index contributed by atoms with van der Waals surface area (Å²) in [6, 6.07) is 8.01. The second-order valence-corrected chi connectivity index (χ2v) is 5.38. The average Bonchev–Trinajstić information content (AvgIpc) is 2.47. The Hall–Kier alpha value is -1.71. The largest absolute Gasteiger partial charge is 0.494 e. The van der Waals surface area contributed by atoms with E-state index >= 15 is 0 Å². The summed E-state index contributed by atoms with van der Waals surface area (Å²) in [5.41, 5.74) is 7.19. The van der Waals surface area contributed by atoms with Gasteiger partial charge in [0.05, 0.1) is 13.2 Å². The molecule has 0 bridgehead atoms. The van der Waals surface area contributed by atoms with Crippen LogP contribution in [0.15, 0.2) is 29.3 Å². The minimum atomic E-state index is 0.577. The zero-order chi connectivity index (χ0) is 14.4. The molecule has 2 N–H and O–H groups in total. The van der Waals surface area contributed by atoms with E-state index < -0.39 is 0 Å². The molecule has 0 aliphatic carbocycles. The first-order valence-corrected chi connectivity index (χ1v) is 7.46. The van der Waals surface area contributed by atoms with Crippen molar-refractivity contribution in [1.82, 2.24) is 4.90 Å². The Kier molecular flexibility index (Phi) is 5.27. The summed E-state index contributed by atoms with van der Waals surface area (Å²) < 4.78 is 5.61. The normalized spacial score (nSPS) is 17.3. The van der Waals surface area contributed by atoms with Gasteiger partial charge in [0.1, 0.15) is 5.75 Å². The van der Waals surface area contributed by atoms with Gasteiger partial charge >= 0.3 is 0 Å². The minimum Gasteiger partial charge on any atom is -0.494 e. The van der Waals surface area contributed by atoms with Gasteiger partial charge in [-0.3, -0.25) is 0 Å². The molecule has 1 heterocycles. The van der Waals surface area contributed by atoms with Crippen LogP contribution in [0.5, 0.6) is 5.75 Å². The highest BCUT2D eigenvalue weighted by atomic mass is 16.5. The molecule has 0 radical (unpaired) electrons. The van der Waals surface area contributed by atoms with E-state index in [4.69, 9.17) is 10.5 Å². The molecule has 4 nitrogen and oxygen atoms in total. The molecular formula is C16H25N3O. The Balaban J connectivity index is 1.98. The molecule has 1 aromatic rings. The van der Waals surface area contributed by atoms with Gasteiger partial charge in [0.25, 0.3) is 0 Å². The Morgan fingerprint density at radius 3 is 2.75 bits per heavy atom. The fourth-order valence-electron chi connectivity index (χ4n) is 2.43. The quantitative estimate of drug-likeness (QED) is 0.679. The molecule has 1 saturated heterocycles. The van der Waals surface area contributed by atoms with Gasteiger partial charge in [-0.2, -0.15) is 0 Å². The van der Waals surface area contributed by atoms with E-state index in [1.807, 2.05) is 31.2 Å². The monoisotopic (exact) mass is 275 g/mol. The molecule has 0 amide bonds. The Morgan fingerprint density at radius 1 is 1.35 bits per heavy atom. The lowest BCUT2D eigenvalue weighted by molar-refractivity contribution is 0.277. The molecule has 110 valence electrons. The zero-order valence-corrected chi connectivity index (χ0v) is 12.5. The number of benzene rings is 1. The highest BCUT2D eigenvalue weighted by Gasteiger charge is 2.16. The molecule has 20 heavy (non-hydrogen) atoms. The third-order valence-electron chi connectivity index (χ3n) is 3.79. The fraction of sp³-hybridized carbons (Fsp3) is 0.562. The van der Waals surface area contributed by atoms with E-state index in [0.29, 0.717) is 19.1 Å². The minimum absolute atomic E-state index is 0.577. The van der Waals surface area contributed by atoms with Crippen LogP contribution in [0.1, 0.15) is 32.3 Å². The van der Waals surface area contributed by atoms with Crippen molar-refractivity contribution >= 4 is 5.96 Å². The first-order valence-electron chi connectivity index (χ1n) is 7.46. The maximum atomic E-state index is 6.10. The van der Waals surface area contributed by atoms with E-state index in [1.54, 1.807) is 0 Å². The van der Waals surface area contributed by atoms with Crippen molar-refractivity contribution in [2.45, 2.75) is 33.2 Å². The van der Waals surface area contributed by atoms with Crippen LogP contribution >= 0.6 is 0 Å². The molecule has 0 aromatic heterocycles. The molecule has 1 aliphatic heterocycles. The number of likely N-dealkylation sites (tertiary alicyclic amines) is 1. The number of ether oxygens (including phenoxy) is 1. The van der Waals surface area contributed by atoms with Crippen molar-refractivity contribution < 1.29 is 4.74 Å². The van der Waals surface area contributed by atoms with E-state index in [2.05, 4.69) is 16.8 Å². The lowest BCUT2D eigenvalue weighted by Crippen LogP contribution is -2.42. The average molecular weight is 275 g/mol. The van der Waals surface area contributed by atoms with Crippen LogP contribution in [-0.4, -0.2) is 30.6 Å². The summed E-state index contributed by atoms with van der Waals surface area (Å²) in [5, 5.41) is 0. The number of guanidine groups is 1. The second kappa shape index (κ2) is 7.17. The lowest BCUT2D eigenvalue weighted by atomic mass is 10.00. The number of nitrogens with two attached hydrogens (primary N) is 1. The number of aliphatic imine (C=N–C) groups is 1. The highest BCUT2D eigenvalue weighted by molar-refractivity contribution is 5.78. The number of para-hydroxylation sites is 1. The van der Waals surface area contributed by atoms with Gasteiger partial charge in [0.15, 0.2) is 5.96 Å². The molecule has 0 atom stereocenters. The lowest BCUT2D eigenvalue weighted by Gasteiger charge is -2.31. The molecule has 0 saturated carbocycles. The summed E-state index contributed by atoms with van der Waals surface area (Å²) in [7, 11) is 0. The van der Waals surface area contributed by atoms with Gasteiger partial charge < -0.3 is 15.4 Å². The fourth-order valence-corrected chi connectivity index (χ4v) is 2.43. The van der Waals surface area contributed by atoms with Crippen molar-refractivity contribution in [1.29, 1.82) is 0 Å². The van der Waals surface area contributed by atoms with E-state index in [1.165, 1.54) is 12.8 Å². The molecule has 1 fully saturated rings. The molecule has 1 aromatic carbocycles. The smallest absolute Gasteiger partial charge is 0.191 e. The van der Waals surface area contributed by atoms with Crippen LogP contribution in [0, 0.1) is 5.92 Å². The molecule has 1 aliphatic rings. The first kappa shape index (κ1) is 14.7. The van der Waals surface area contributed by atoms with Crippen molar-refractivity contribution in [3.05, 3.63) is 29.8 Å². The van der Waals surface area contributed by atoms with Crippen LogP contribution in [0.3, 0.4) is 0 Å². The second-order valence-electron chi connectivity index (χ2n) is 5.38. The van der Waals surface area contributed by atoms with Gasteiger partial charge in [0, 0.05) is 18.7 Å². The molecule has 0 spiro atoms. The summed E-state index contributed by atoms with van der Waals surface area (Å²) in [6.07, 6.45) is 2.40. The van der Waals surface area contributed by atoms with Gasteiger partial charge in [-0.15, -0.1) is 0 Å². The molecule has 2 rings (SSSR count). The van der Waals surface area contributed by atoms with Gasteiger partial charge in [0.2, 0.25) is 0 Å². The third-order valence-corrected chi connectivity index (χ3v) is 3.79. The van der Waals surface area contributed by atoms with Crippen LogP contribution in [0.4, 0.5) is 0 Å². The van der Waals surface area contributed by atoms with Crippen molar-refractivity contribution in [3.8, 4) is 5.75 Å². The van der Waals surface area contributed by atoms with Crippen molar-refractivity contribution in [2.75, 3.05) is 19.7 Å². The maximum absolute atomic E-state index is 6.10. The third kappa shape index (κ3) is 3.89. The van der Waals surface area contributed by atoms with Crippen LogP contribution in [0.25, 0.3) is 0 Å². The van der Waals surface area contributed by atoms with Crippen LogP contribution in [-0.2, 0) is 6.54 Å². The van der Waals surface area contributed by atoms with Crippen molar-refractivity contribution in [2.24, 2.45) is 16.6 Å². The summed E-state index contributed by atoms with van der Waals surface area (Å²) >= 11 is 0. The predicted octanol–water partition coefficient (Wildman–Crippen LogP) is 2.63.